The maximum Gasteiger partial charge on any atom is 0.123 e. The van der Waals surface area contributed by atoms with Crippen LogP contribution in [0.2, 0.25) is 5.02 Å². The maximum atomic E-state index is 6.27. The van der Waals surface area contributed by atoms with Gasteiger partial charge in [-0.15, -0.1) is 0 Å². The van der Waals surface area contributed by atoms with Gasteiger partial charge in [0.15, 0.2) is 0 Å². The van der Waals surface area contributed by atoms with Crippen LogP contribution in [0.3, 0.4) is 0 Å². The van der Waals surface area contributed by atoms with Crippen molar-refractivity contribution in [1.82, 2.24) is 0 Å². The van der Waals surface area contributed by atoms with Gasteiger partial charge < -0.3 is 10.5 Å². The van der Waals surface area contributed by atoms with E-state index in [0.29, 0.717) is 10.7 Å². The molecule has 0 amide bonds. The highest BCUT2D eigenvalue weighted by atomic mass is 35.5. The summed E-state index contributed by atoms with van der Waals surface area (Å²) in [6.07, 6.45) is 0. The van der Waals surface area contributed by atoms with Crippen LogP contribution in [0, 0.1) is 0 Å². The van der Waals surface area contributed by atoms with Gasteiger partial charge >= 0.3 is 0 Å². The average molecular weight is 274 g/mol. The minimum absolute atomic E-state index is 0.0472. The van der Waals surface area contributed by atoms with E-state index in [1.54, 1.807) is 6.07 Å². The fraction of sp³-hybridized carbons (Fsp3) is 0.250. The Balaban J connectivity index is 2.13. The number of nitrogen functional groups attached to an aromatic ring is 1. The summed E-state index contributed by atoms with van der Waals surface area (Å²) in [5.74, 6) is 0.973. The number of rotatable bonds is 1. The molecule has 2 aromatic rings. The summed E-state index contributed by atoms with van der Waals surface area (Å²) in [6.45, 7) is 5.10. The summed E-state index contributed by atoms with van der Waals surface area (Å²) >= 11 is 6.27. The van der Waals surface area contributed by atoms with E-state index in [0.717, 1.165) is 23.5 Å². The topological polar surface area (TPSA) is 35.2 Å². The Morgan fingerprint density at radius 1 is 1.16 bits per heavy atom. The highest BCUT2D eigenvalue weighted by Crippen LogP contribution is 2.41. The van der Waals surface area contributed by atoms with Crippen molar-refractivity contribution in [2.75, 3.05) is 12.3 Å². The van der Waals surface area contributed by atoms with E-state index in [2.05, 4.69) is 19.9 Å². The van der Waals surface area contributed by atoms with E-state index in [4.69, 9.17) is 22.1 Å². The first-order valence-electron chi connectivity index (χ1n) is 6.30. The minimum atomic E-state index is 0.0472. The molecule has 0 radical (unpaired) electrons. The van der Waals surface area contributed by atoms with E-state index in [1.165, 1.54) is 5.56 Å². The van der Waals surface area contributed by atoms with Crippen molar-refractivity contribution >= 4 is 17.3 Å². The summed E-state index contributed by atoms with van der Waals surface area (Å²) in [6, 6.07) is 11.8. The number of ether oxygens (including phenoxy) is 1. The lowest BCUT2D eigenvalue weighted by Crippen LogP contribution is -2.18. The molecule has 0 spiro atoms. The van der Waals surface area contributed by atoms with Crippen molar-refractivity contribution < 1.29 is 4.74 Å². The standard InChI is InChI=1S/C16H16ClNO/c1-16(2)9-19-15-6-3-10(7-13(15)16)12-5-4-11(18)8-14(12)17/h3-8H,9,18H2,1-2H3. The average Bonchev–Trinajstić information content (AvgIpc) is 2.65. The number of halogens is 1. The monoisotopic (exact) mass is 273 g/mol. The van der Waals surface area contributed by atoms with E-state index in [1.807, 2.05) is 24.3 Å². The first kappa shape index (κ1) is 12.4. The minimum Gasteiger partial charge on any atom is -0.492 e. The molecule has 0 aliphatic carbocycles. The highest BCUT2D eigenvalue weighted by molar-refractivity contribution is 6.33. The van der Waals surface area contributed by atoms with Crippen LogP contribution in [-0.2, 0) is 5.41 Å². The van der Waals surface area contributed by atoms with E-state index in [-0.39, 0.29) is 5.41 Å². The predicted molar refractivity (Wildman–Crippen MR) is 79.8 cm³/mol. The second-order valence-corrected chi connectivity index (χ2v) is 6.03. The summed E-state index contributed by atoms with van der Waals surface area (Å²) in [4.78, 5) is 0. The van der Waals surface area contributed by atoms with E-state index < -0.39 is 0 Å². The number of hydrogen-bond donors (Lipinski definition) is 1. The molecule has 2 nitrogen and oxygen atoms in total. The Kier molecular flexibility index (Phi) is 2.72. The van der Waals surface area contributed by atoms with Crippen molar-refractivity contribution in [2.45, 2.75) is 19.3 Å². The van der Waals surface area contributed by atoms with Gasteiger partial charge in [-0.1, -0.05) is 37.6 Å². The molecule has 2 aromatic carbocycles. The van der Waals surface area contributed by atoms with Crippen LogP contribution >= 0.6 is 11.6 Å². The Hall–Kier alpha value is -1.67. The molecular weight excluding hydrogens is 258 g/mol. The zero-order chi connectivity index (χ0) is 13.6. The third kappa shape index (κ3) is 2.06. The Bertz CT molecular complexity index is 649. The molecule has 0 bridgehead atoms. The molecule has 3 heteroatoms. The SMILES string of the molecule is CC1(C)COc2ccc(-c3ccc(N)cc3Cl)cc21. The van der Waals surface area contributed by atoms with Crippen LogP contribution in [0.15, 0.2) is 36.4 Å². The van der Waals surface area contributed by atoms with Gasteiger partial charge in [-0.25, -0.2) is 0 Å². The van der Waals surface area contributed by atoms with Gasteiger partial charge in [0.1, 0.15) is 5.75 Å². The fourth-order valence-corrected chi connectivity index (χ4v) is 2.75. The number of nitrogens with two attached hydrogens (primary N) is 1. The van der Waals surface area contributed by atoms with Crippen molar-refractivity contribution in [1.29, 1.82) is 0 Å². The molecule has 1 heterocycles. The van der Waals surface area contributed by atoms with Crippen molar-refractivity contribution in [3.8, 4) is 16.9 Å². The predicted octanol–water partition coefficient (Wildman–Crippen LogP) is 4.26. The van der Waals surface area contributed by atoms with Gasteiger partial charge in [-0.3, -0.25) is 0 Å². The smallest absolute Gasteiger partial charge is 0.123 e. The molecule has 0 fully saturated rings. The van der Waals surface area contributed by atoms with Gasteiger partial charge in [0.2, 0.25) is 0 Å². The Morgan fingerprint density at radius 2 is 1.95 bits per heavy atom. The molecule has 0 aromatic heterocycles. The molecule has 98 valence electrons. The van der Waals surface area contributed by atoms with E-state index in [9.17, 15) is 0 Å². The molecule has 0 saturated heterocycles. The summed E-state index contributed by atoms with van der Waals surface area (Å²) in [5, 5.41) is 0.677. The summed E-state index contributed by atoms with van der Waals surface area (Å²) in [5.41, 5.74) is 9.80. The van der Waals surface area contributed by atoms with E-state index >= 15 is 0 Å². The van der Waals surface area contributed by atoms with Gasteiger partial charge in [0.05, 0.1) is 11.6 Å². The Labute approximate surface area is 118 Å². The largest absolute Gasteiger partial charge is 0.492 e. The molecule has 0 saturated carbocycles. The molecule has 1 aliphatic heterocycles. The summed E-state index contributed by atoms with van der Waals surface area (Å²) < 4.78 is 5.70. The maximum absolute atomic E-state index is 6.27. The van der Waals surface area contributed by atoms with Crippen molar-refractivity contribution in [2.24, 2.45) is 0 Å². The number of fused-ring (bicyclic) bond motifs is 1. The van der Waals surface area contributed by atoms with Crippen LogP contribution in [0.25, 0.3) is 11.1 Å². The molecule has 0 unspecified atom stereocenters. The van der Waals surface area contributed by atoms with Crippen molar-refractivity contribution in [3.05, 3.63) is 47.0 Å². The highest BCUT2D eigenvalue weighted by Gasteiger charge is 2.31. The lowest BCUT2D eigenvalue weighted by molar-refractivity contribution is 0.291. The fourth-order valence-electron chi connectivity index (χ4n) is 2.45. The molecule has 3 rings (SSSR count). The van der Waals surface area contributed by atoms with Gasteiger partial charge in [-0.2, -0.15) is 0 Å². The molecule has 19 heavy (non-hydrogen) atoms. The van der Waals surface area contributed by atoms with Crippen molar-refractivity contribution in [3.63, 3.8) is 0 Å². The first-order chi connectivity index (χ1) is 8.97. The van der Waals surface area contributed by atoms with Crippen LogP contribution in [0.1, 0.15) is 19.4 Å². The number of benzene rings is 2. The zero-order valence-electron chi connectivity index (χ0n) is 11.0. The van der Waals surface area contributed by atoms with Gasteiger partial charge in [-0.05, 0) is 29.8 Å². The number of anilines is 1. The third-order valence-electron chi connectivity index (χ3n) is 3.60. The third-order valence-corrected chi connectivity index (χ3v) is 3.91. The lowest BCUT2D eigenvalue weighted by Gasteiger charge is -2.16. The molecule has 2 N–H and O–H groups in total. The van der Waals surface area contributed by atoms with Gasteiger partial charge in [0, 0.05) is 22.2 Å². The summed E-state index contributed by atoms with van der Waals surface area (Å²) in [7, 11) is 0. The second-order valence-electron chi connectivity index (χ2n) is 5.62. The first-order valence-corrected chi connectivity index (χ1v) is 6.68. The Morgan fingerprint density at radius 3 is 2.68 bits per heavy atom. The van der Waals surface area contributed by atoms with Gasteiger partial charge in [0.25, 0.3) is 0 Å². The lowest BCUT2D eigenvalue weighted by atomic mass is 9.85. The second kappa shape index (κ2) is 4.17. The molecule has 0 atom stereocenters. The normalized spacial score (nSPS) is 15.9. The van der Waals surface area contributed by atoms with Crippen LogP contribution in [-0.4, -0.2) is 6.61 Å². The van der Waals surface area contributed by atoms with Crippen LogP contribution < -0.4 is 10.5 Å². The quantitative estimate of drug-likeness (QED) is 0.788. The van der Waals surface area contributed by atoms with Crippen LogP contribution in [0.5, 0.6) is 5.75 Å². The molecule has 1 aliphatic rings. The zero-order valence-corrected chi connectivity index (χ0v) is 11.8. The number of hydrogen-bond acceptors (Lipinski definition) is 2. The van der Waals surface area contributed by atoms with Crippen LogP contribution in [0.4, 0.5) is 5.69 Å². The molecular formula is C16H16ClNO.